The van der Waals surface area contributed by atoms with E-state index in [2.05, 4.69) is 49.1 Å². The van der Waals surface area contributed by atoms with Crippen molar-refractivity contribution < 1.29 is 23.9 Å². The van der Waals surface area contributed by atoms with Crippen LogP contribution in [0.1, 0.15) is 62.8 Å². The van der Waals surface area contributed by atoms with Gasteiger partial charge in [-0.3, -0.25) is 14.3 Å². The van der Waals surface area contributed by atoms with Crippen LogP contribution in [0.5, 0.6) is 5.75 Å². The van der Waals surface area contributed by atoms with Crippen LogP contribution in [-0.2, 0) is 17.5 Å². The maximum Gasteiger partial charge on any atom is 0.419 e. The second kappa shape index (κ2) is 17.6. The number of phenolic OH excluding ortho intramolecular Hbond substituents is 1. The van der Waals surface area contributed by atoms with Crippen LogP contribution in [0.15, 0.2) is 111 Å². The van der Waals surface area contributed by atoms with E-state index in [4.69, 9.17) is 8.84 Å². The lowest BCUT2D eigenvalue weighted by Gasteiger charge is -2.48. The number of amides is 1. The lowest BCUT2D eigenvalue weighted by atomic mass is 9.82. The molecule has 5 heterocycles. The molecule has 3 aliphatic heterocycles. The van der Waals surface area contributed by atoms with Gasteiger partial charge < -0.3 is 34.3 Å². The van der Waals surface area contributed by atoms with Crippen LogP contribution in [0.25, 0.3) is 39.2 Å². The van der Waals surface area contributed by atoms with E-state index in [0.717, 1.165) is 65.7 Å². The number of allylic oxidation sites excluding steroid dienone is 1. The molecule has 4 N–H and O–H groups in total. The number of anilines is 1. The van der Waals surface area contributed by atoms with Gasteiger partial charge in [-0.15, -0.1) is 0 Å². The van der Waals surface area contributed by atoms with E-state index >= 15 is 0 Å². The van der Waals surface area contributed by atoms with Gasteiger partial charge in [-0.25, -0.2) is 9.59 Å². The number of hydrogen-bond acceptors (Lipinski definition) is 8. The van der Waals surface area contributed by atoms with Gasteiger partial charge >= 0.3 is 11.8 Å². The fraction of sp³-hybridized carbons (Fsp3) is 0.367. The first kappa shape index (κ1) is 42.9. The number of hydrogen-bond donors (Lipinski definition) is 4. The second-order valence-electron chi connectivity index (χ2n) is 18.3. The van der Waals surface area contributed by atoms with E-state index in [1.807, 2.05) is 84.9 Å². The first-order chi connectivity index (χ1) is 29.7. The minimum absolute atomic E-state index is 0.00440. The van der Waals surface area contributed by atoms with Crippen molar-refractivity contribution in [1.29, 1.82) is 0 Å². The molecule has 2 aromatic heterocycles. The number of nitrogens with one attached hydrogen (secondary N) is 2. The Morgan fingerprint density at radius 3 is 2.50 bits per heavy atom. The number of phenols is 1. The molecule has 62 heavy (non-hydrogen) atoms. The molecule has 2 atom stereocenters. The van der Waals surface area contributed by atoms with Crippen molar-refractivity contribution in [3.05, 3.63) is 135 Å². The van der Waals surface area contributed by atoms with Gasteiger partial charge in [0, 0.05) is 43.2 Å². The van der Waals surface area contributed by atoms with Gasteiger partial charge in [-0.05, 0) is 109 Å². The van der Waals surface area contributed by atoms with Gasteiger partial charge in [-0.2, -0.15) is 0 Å². The molecule has 0 spiro atoms. The number of fused-ring (bicyclic) bond motifs is 5. The maximum absolute atomic E-state index is 13.1. The van der Waals surface area contributed by atoms with Gasteiger partial charge in [0.15, 0.2) is 13.9 Å². The molecule has 324 valence electrons. The zero-order chi connectivity index (χ0) is 43.8. The van der Waals surface area contributed by atoms with Crippen LogP contribution < -0.4 is 21.5 Å². The van der Waals surface area contributed by atoms with Gasteiger partial charge in [-0.1, -0.05) is 87.5 Å². The largest absolute Gasteiger partial charge is 0.506 e. The topological polar surface area (TPSA) is 153 Å². The Balaban J connectivity index is 0.968. The summed E-state index contributed by atoms with van der Waals surface area (Å²) in [5, 5.41) is 25.5. The van der Waals surface area contributed by atoms with Crippen LogP contribution in [0.4, 0.5) is 10.5 Å². The first-order valence-corrected chi connectivity index (χ1v) is 24.5. The molecule has 3 fully saturated rings. The number of nitrogens with zero attached hydrogens (tertiary/aromatic N) is 3. The third-order valence-corrected chi connectivity index (χ3v) is 17.7. The van der Waals surface area contributed by atoms with Crippen LogP contribution >= 0.6 is 0 Å². The Morgan fingerprint density at radius 2 is 1.79 bits per heavy atom. The Kier molecular flexibility index (Phi) is 12.2. The molecule has 6 aromatic rings. The quantitative estimate of drug-likeness (QED) is 0.0786. The summed E-state index contributed by atoms with van der Waals surface area (Å²) in [4.78, 5) is 45.1. The van der Waals surface area contributed by atoms with Crippen LogP contribution in [0.3, 0.4) is 0 Å². The van der Waals surface area contributed by atoms with E-state index in [0.29, 0.717) is 54.3 Å². The molecule has 12 nitrogen and oxygen atoms in total. The molecule has 1 amide bonds. The highest BCUT2D eigenvalue weighted by Gasteiger charge is 2.41. The van der Waals surface area contributed by atoms with Crippen LogP contribution in [0, 0.1) is 5.92 Å². The Bertz CT molecular complexity index is 2730. The molecule has 0 saturated carbocycles. The van der Waals surface area contributed by atoms with Crippen molar-refractivity contribution in [3.8, 4) is 16.9 Å². The average Bonchev–Trinajstić information content (AvgIpc) is 3.56. The fourth-order valence-corrected chi connectivity index (χ4v) is 10.1. The average molecular weight is 856 g/mol. The number of aromatic hydroxyl groups is 1. The van der Waals surface area contributed by atoms with Crippen molar-refractivity contribution in [1.82, 2.24) is 19.8 Å². The third kappa shape index (κ3) is 8.94. The molecule has 3 aliphatic rings. The molecule has 9 rings (SSSR count). The number of piperidine rings is 3. The molecule has 0 radical (unpaired) electrons. The highest BCUT2D eigenvalue weighted by atomic mass is 28.4. The number of carboxylic acid groups (broad SMARTS) is 1. The molecule has 0 unspecified atom stereocenters. The highest BCUT2D eigenvalue weighted by molar-refractivity contribution is 6.74. The molecule has 4 aromatic carbocycles. The van der Waals surface area contributed by atoms with Gasteiger partial charge in [0.25, 0.3) is 0 Å². The Labute approximate surface area is 362 Å². The van der Waals surface area contributed by atoms with Crippen LogP contribution in [-0.4, -0.2) is 71.3 Å². The molecule has 3 saturated heterocycles. The number of H-pyrrole nitrogens is 1. The van der Waals surface area contributed by atoms with Crippen molar-refractivity contribution in [2.24, 2.45) is 5.92 Å². The van der Waals surface area contributed by atoms with E-state index in [1.54, 1.807) is 21.6 Å². The number of aryl methyl sites for hydroxylation is 1. The summed E-state index contributed by atoms with van der Waals surface area (Å²) < 4.78 is 14.3. The normalized spacial score (nSPS) is 18.5. The van der Waals surface area contributed by atoms with Crippen LogP contribution in [0.2, 0.25) is 18.1 Å². The number of benzene rings is 4. The number of pyridine rings is 1. The summed E-state index contributed by atoms with van der Waals surface area (Å²) in [7, 11) is -2.26. The summed E-state index contributed by atoms with van der Waals surface area (Å²) >= 11 is 0. The minimum Gasteiger partial charge on any atom is -0.506 e. The Hall–Kier alpha value is -5.73. The van der Waals surface area contributed by atoms with Crippen molar-refractivity contribution in [3.63, 3.8) is 0 Å². The molecule has 0 aliphatic carbocycles. The smallest absolute Gasteiger partial charge is 0.419 e. The van der Waals surface area contributed by atoms with E-state index in [-0.39, 0.29) is 28.5 Å². The lowest BCUT2D eigenvalue weighted by Crippen LogP contribution is -2.59. The van der Waals surface area contributed by atoms with Gasteiger partial charge in [0.05, 0.1) is 28.9 Å². The third-order valence-electron chi connectivity index (χ3n) is 13.2. The van der Waals surface area contributed by atoms with Crippen molar-refractivity contribution in [2.45, 2.75) is 83.4 Å². The summed E-state index contributed by atoms with van der Waals surface area (Å²) in [5.41, 5.74) is 6.55. The molecule has 2 bridgehead atoms. The van der Waals surface area contributed by atoms with Crippen molar-refractivity contribution >= 4 is 48.2 Å². The SMILES string of the molecule is CC(C)(C)[Si](C)(C)O[C@@H](CNCc1ccc2c(c1)oc(=O)n2CC/C=C/c1ccc(-c2ccccc2)c(N(C(=O)O)[C@H]2CN3CCC2CC3)c1)c1ccc(O)c2[nH]c(=O)ccc12. The number of carbonyl (C=O) groups is 1. The minimum atomic E-state index is -2.26. The molecular weight excluding hydrogens is 799 g/mol. The number of aromatic amines is 1. The van der Waals surface area contributed by atoms with Gasteiger partial charge in [0.2, 0.25) is 5.56 Å². The predicted octanol–water partition coefficient (Wildman–Crippen LogP) is 9.34. The van der Waals surface area contributed by atoms with E-state index in [9.17, 15) is 24.6 Å². The van der Waals surface area contributed by atoms with Gasteiger partial charge in [0.1, 0.15) is 5.75 Å². The predicted molar refractivity (Wildman–Crippen MR) is 248 cm³/mol. The lowest BCUT2D eigenvalue weighted by molar-refractivity contribution is 0.0838. The summed E-state index contributed by atoms with van der Waals surface area (Å²) in [6.07, 6.45) is 5.28. The maximum atomic E-state index is 13.1. The monoisotopic (exact) mass is 855 g/mol. The Morgan fingerprint density at radius 1 is 1.02 bits per heavy atom. The summed E-state index contributed by atoms with van der Waals surface area (Å²) in [6, 6.07) is 28.3. The van der Waals surface area contributed by atoms with E-state index < -0.39 is 20.2 Å². The fourth-order valence-electron chi connectivity index (χ4n) is 8.85. The van der Waals surface area contributed by atoms with E-state index in [1.165, 1.54) is 6.07 Å². The zero-order valence-electron chi connectivity index (χ0n) is 36.2. The number of rotatable bonds is 14. The number of oxazole rings is 1. The molecule has 13 heteroatoms. The van der Waals surface area contributed by atoms with Crippen molar-refractivity contribution in [2.75, 3.05) is 31.1 Å². The zero-order valence-corrected chi connectivity index (χ0v) is 37.2. The summed E-state index contributed by atoms with van der Waals surface area (Å²) in [5.74, 6) is -0.0892. The highest BCUT2D eigenvalue weighted by Crippen LogP contribution is 2.42. The summed E-state index contributed by atoms with van der Waals surface area (Å²) in [6.45, 7) is 15.1. The first-order valence-electron chi connectivity index (χ1n) is 21.6. The second-order valence-corrected chi connectivity index (χ2v) is 23.1. The standard InChI is InChI=1S/C49H57N5O7Si/c1-49(2,3)62(4,5)61-44(37-17-20-42(55)46-38(37)18-21-45(56)51-46)30-50-29-33-15-19-39-43(28-33)60-48(59)53(39)24-10-9-11-32-14-16-36(34-12-7-6-8-13-34)40(27-32)54(47(57)58)41-31-52-25-22-35(41)23-26-52/h6-9,11-21,27-28,35,41,44,50,55H,10,22-26,29-31H2,1-5H3,(H,51,56)(H,57,58)/b11-9+/t41-,44-/m0/s1. The molecular formula is C49H57N5O7Si. The number of aromatic nitrogens is 2.